The molecule has 0 bridgehead atoms. The summed E-state index contributed by atoms with van der Waals surface area (Å²) in [6.45, 7) is 6.61. The van der Waals surface area contributed by atoms with Crippen LogP contribution in [0.15, 0.2) is 18.2 Å². The summed E-state index contributed by atoms with van der Waals surface area (Å²) >= 11 is 0. The van der Waals surface area contributed by atoms with Gasteiger partial charge in [-0.1, -0.05) is 32.8 Å². The Balaban J connectivity index is 2.08. The molecule has 2 atom stereocenters. The molecular weight excluding hydrogens is 234 g/mol. The van der Waals surface area contributed by atoms with E-state index in [9.17, 15) is 0 Å². The quantitative estimate of drug-likeness (QED) is 0.829. The van der Waals surface area contributed by atoms with Crippen LogP contribution in [0.5, 0.6) is 5.75 Å². The standard InChI is InChI=1S/C17H27NO/c1-12(2)15-10-9-14(11-13(15)3)19-17-8-6-4-5-7-16(17)18/h9-12,16-17H,4-8,18H2,1-3H3. The molecule has 0 radical (unpaired) electrons. The molecule has 2 unspecified atom stereocenters. The van der Waals surface area contributed by atoms with Crippen molar-refractivity contribution in [2.75, 3.05) is 0 Å². The fourth-order valence-electron chi connectivity index (χ4n) is 2.99. The van der Waals surface area contributed by atoms with E-state index < -0.39 is 0 Å². The number of benzene rings is 1. The molecule has 0 heterocycles. The lowest BCUT2D eigenvalue weighted by molar-refractivity contribution is 0.162. The Hall–Kier alpha value is -1.02. The van der Waals surface area contributed by atoms with Gasteiger partial charge < -0.3 is 10.5 Å². The number of rotatable bonds is 3. The lowest BCUT2D eigenvalue weighted by Gasteiger charge is -2.23. The molecule has 2 rings (SSSR count). The zero-order valence-corrected chi connectivity index (χ0v) is 12.5. The molecule has 2 heteroatoms. The third-order valence-corrected chi connectivity index (χ3v) is 4.15. The van der Waals surface area contributed by atoms with Crippen LogP contribution in [0.4, 0.5) is 0 Å². The number of ether oxygens (including phenoxy) is 1. The minimum Gasteiger partial charge on any atom is -0.489 e. The van der Waals surface area contributed by atoms with E-state index in [0.29, 0.717) is 5.92 Å². The van der Waals surface area contributed by atoms with Crippen molar-refractivity contribution in [1.82, 2.24) is 0 Å². The molecule has 0 saturated heterocycles. The lowest BCUT2D eigenvalue weighted by atomic mass is 9.98. The monoisotopic (exact) mass is 261 g/mol. The maximum absolute atomic E-state index is 6.22. The van der Waals surface area contributed by atoms with Crippen LogP contribution in [0.1, 0.15) is 63.0 Å². The Morgan fingerprint density at radius 1 is 1.16 bits per heavy atom. The van der Waals surface area contributed by atoms with Crippen molar-refractivity contribution in [2.24, 2.45) is 5.73 Å². The Kier molecular flexibility index (Phi) is 4.87. The molecule has 1 aromatic rings. The van der Waals surface area contributed by atoms with Crippen LogP contribution < -0.4 is 10.5 Å². The Bertz CT molecular complexity index is 414. The van der Waals surface area contributed by atoms with E-state index in [-0.39, 0.29) is 12.1 Å². The highest BCUT2D eigenvalue weighted by Crippen LogP contribution is 2.26. The first kappa shape index (κ1) is 14.4. The van der Waals surface area contributed by atoms with E-state index >= 15 is 0 Å². The van der Waals surface area contributed by atoms with Gasteiger partial charge in [-0.3, -0.25) is 0 Å². The average molecular weight is 261 g/mol. The highest BCUT2D eigenvalue weighted by Gasteiger charge is 2.22. The van der Waals surface area contributed by atoms with Crippen molar-refractivity contribution >= 4 is 0 Å². The van der Waals surface area contributed by atoms with E-state index in [0.717, 1.165) is 18.6 Å². The van der Waals surface area contributed by atoms with Crippen molar-refractivity contribution in [1.29, 1.82) is 0 Å². The van der Waals surface area contributed by atoms with Crippen LogP contribution in [0.3, 0.4) is 0 Å². The normalized spacial score (nSPS) is 24.3. The van der Waals surface area contributed by atoms with Crippen LogP contribution in [-0.4, -0.2) is 12.1 Å². The van der Waals surface area contributed by atoms with Gasteiger partial charge in [0, 0.05) is 6.04 Å². The predicted octanol–water partition coefficient (Wildman–Crippen LogP) is 4.16. The van der Waals surface area contributed by atoms with Crippen LogP contribution in [0.2, 0.25) is 0 Å². The van der Waals surface area contributed by atoms with Crippen LogP contribution >= 0.6 is 0 Å². The summed E-state index contributed by atoms with van der Waals surface area (Å²) in [6.07, 6.45) is 6.14. The molecule has 0 amide bonds. The van der Waals surface area contributed by atoms with Crippen LogP contribution in [0, 0.1) is 6.92 Å². The van der Waals surface area contributed by atoms with Crippen LogP contribution in [-0.2, 0) is 0 Å². The smallest absolute Gasteiger partial charge is 0.120 e. The van der Waals surface area contributed by atoms with E-state index in [1.54, 1.807) is 0 Å². The third-order valence-electron chi connectivity index (χ3n) is 4.15. The summed E-state index contributed by atoms with van der Waals surface area (Å²) in [6, 6.07) is 6.64. The maximum atomic E-state index is 6.22. The number of nitrogens with two attached hydrogens (primary N) is 1. The SMILES string of the molecule is Cc1cc(OC2CCCCCC2N)ccc1C(C)C. The summed E-state index contributed by atoms with van der Waals surface area (Å²) in [5.74, 6) is 1.54. The van der Waals surface area contributed by atoms with Gasteiger partial charge in [0.05, 0.1) is 0 Å². The Labute approximate surface area is 117 Å². The van der Waals surface area contributed by atoms with Gasteiger partial charge in [-0.15, -0.1) is 0 Å². The fourth-order valence-corrected chi connectivity index (χ4v) is 2.99. The number of aryl methyl sites for hydroxylation is 1. The molecule has 0 aliphatic heterocycles. The van der Waals surface area contributed by atoms with Gasteiger partial charge in [0.2, 0.25) is 0 Å². The van der Waals surface area contributed by atoms with Crippen molar-refractivity contribution in [2.45, 2.75) is 70.9 Å². The minimum atomic E-state index is 0.187. The van der Waals surface area contributed by atoms with Gasteiger partial charge in [0.15, 0.2) is 0 Å². The first-order chi connectivity index (χ1) is 9.08. The topological polar surface area (TPSA) is 35.2 Å². The summed E-state index contributed by atoms with van der Waals surface area (Å²) in [5, 5.41) is 0. The highest BCUT2D eigenvalue weighted by atomic mass is 16.5. The van der Waals surface area contributed by atoms with Gasteiger partial charge in [0.1, 0.15) is 11.9 Å². The molecule has 106 valence electrons. The molecule has 0 spiro atoms. The number of hydrogen-bond acceptors (Lipinski definition) is 2. The Morgan fingerprint density at radius 3 is 2.58 bits per heavy atom. The largest absolute Gasteiger partial charge is 0.489 e. The highest BCUT2D eigenvalue weighted by molar-refractivity contribution is 5.36. The summed E-state index contributed by atoms with van der Waals surface area (Å²) < 4.78 is 6.14. The van der Waals surface area contributed by atoms with Crippen molar-refractivity contribution < 1.29 is 4.74 Å². The first-order valence-electron chi connectivity index (χ1n) is 7.60. The summed E-state index contributed by atoms with van der Waals surface area (Å²) in [4.78, 5) is 0. The second kappa shape index (κ2) is 6.42. The van der Waals surface area contributed by atoms with Gasteiger partial charge in [0.25, 0.3) is 0 Å². The molecule has 19 heavy (non-hydrogen) atoms. The maximum Gasteiger partial charge on any atom is 0.120 e. The molecule has 1 aromatic carbocycles. The molecule has 1 aliphatic carbocycles. The zero-order chi connectivity index (χ0) is 13.8. The molecule has 1 saturated carbocycles. The van der Waals surface area contributed by atoms with E-state index in [4.69, 9.17) is 10.5 Å². The summed E-state index contributed by atoms with van der Waals surface area (Å²) in [7, 11) is 0. The van der Waals surface area contributed by atoms with Gasteiger partial charge >= 0.3 is 0 Å². The molecule has 2 nitrogen and oxygen atoms in total. The second-order valence-electron chi connectivity index (χ2n) is 6.13. The first-order valence-corrected chi connectivity index (χ1v) is 7.60. The molecule has 1 fully saturated rings. The van der Waals surface area contributed by atoms with Gasteiger partial charge in [-0.2, -0.15) is 0 Å². The minimum absolute atomic E-state index is 0.187. The van der Waals surface area contributed by atoms with E-state index in [1.807, 2.05) is 0 Å². The van der Waals surface area contributed by atoms with Gasteiger partial charge in [-0.05, 0) is 55.4 Å². The zero-order valence-electron chi connectivity index (χ0n) is 12.5. The van der Waals surface area contributed by atoms with Gasteiger partial charge in [-0.25, -0.2) is 0 Å². The van der Waals surface area contributed by atoms with Crippen molar-refractivity contribution in [3.05, 3.63) is 29.3 Å². The summed E-state index contributed by atoms with van der Waals surface area (Å²) in [5.41, 5.74) is 8.93. The average Bonchev–Trinajstić information content (AvgIpc) is 2.55. The fraction of sp³-hybridized carbons (Fsp3) is 0.647. The number of hydrogen-bond donors (Lipinski definition) is 1. The molecule has 2 N–H and O–H groups in total. The second-order valence-corrected chi connectivity index (χ2v) is 6.13. The van der Waals surface area contributed by atoms with E-state index in [1.165, 1.54) is 30.4 Å². The van der Waals surface area contributed by atoms with Crippen LogP contribution in [0.25, 0.3) is 0 Å². The Morgan fingerprint density at radius 2 is 1.89 bits per heavy atom. The van der Waals surface area contributed by atoms with Crippen molar-refractivity contribution in [3.8, 4) is 5.75 Å². The molecular formula is C17H27NO. The lowest BCUT2D eigenvalue weighted by Crippen LogP contribution is -2.37. The molecule has 0 aromatic heterocycles. The molecule has 1 aliphatic rings. The third kappa shape index (κ3) is 3.73. The predicted molar refractivity (Wildman–Crippen MR) is 80.7 cm³/mol. The van der Waals surface area contributed by atoms with Crippen molar-refractivity contribution in [3.63, 3.8) is 0 Å². The van der Waals surface area contributed by atoms with E-state index in [2.05, 4.69) is 39.0 Å².